The lowest BCUT2D eigenvalue weighted by atomic mass is 10.2. The van der Waals surface area contributed by atoms with Gasteiger partial charge in [0.25, 0.3) is 0 Å². The van der Waals surface area contributed by atoms with Crippen molar-refractivity contribution in [2.24, 2.45) is 0 Å². The number of thioether (sulfide) groups is 1. The molecule has 1 saturated heterocycles. The van der Waals surface area contributed by atoms with E-state index in [1.807, 2.05) is 36.9 Å². The van der Waals surface area contributed by atoms with Gasteiger partial charge in [-0.05, 0) is 24.6 Å². The van der Waals surface area contributed by atoms with Crippen LogP contribution in [0.3, 0.4) is 0 Å². The van der Waals surface area contributed by atoms with E-state index in [1.165, 1.54) is 0 Å². The van der Waals surface area contributed by atoms with Gasteiger partial charge in [-0.15, -0.1) is 0 Å². The highest BCUT2D eigenvalue weighted by Crippen LogP contribution is 2.32. The Labute approximate surface area is 129 Å². The molecule has 2 aliphatic heterocycles. The van der Waals surface area contributed by atoms with Gasteiger partial charge in [-0.2, -0.15) is 11.8 Å². The van der Waals surface area contributed by atoms with Gasteiger partial charge in [0.05, 0.1) is 6.04 Å². The third-order valence-electron chi connectivity index (χ3n) is 3.88. The second kappa shape index (κ2) is 6.58. The Morgan fingerprint density at radius 3 is 2.90 bits per heavy atom. The molecule has 114 valence electrons. The molecule has 6 heteroatoms. The van der Waals surface area contributed by atoms with Crippen LogP contribution in [0, 0.1) is 0 Å². The molecule has 0 spiro atoms. The molecule has 1 aromatic carbocycles. The maximum Gasteiger partial charge on any atom is 0.237 e. The summed E-state index contributed by atoms with van der Waals surface area (Å²) in [6, 6.07) is 5.69. The highest BCUT2D eigenvalue weighted by molar-refractivity contribution is 7.99. The fourth-order valence-electron chi connectivity index (χ4n) is 2.52. The van der Waals surface area contributed by atoms with Crippen molar-refractivity contribution in [3.05, 3.63) is 23.8 Å². The van der Waals surface area contributed by atoms with Gasteiger partial charge in [-0.1, -0.05) is 6.07 Å². The lowest BCUT2D eigenvalue weighted by Gasteiger charge is -2.31. The van der Waals surface area contributed by atoms with Crippen molar-refractivity contribution in [1.82, 2.24) is 10.2 Å². The highest BCUT2D eigenvalue weighted by atomic mass is 32.2. The smallest absolute Gasteiger partial charge is 0.237 e. The number of fused-ring (bicyclic) bond motifs is 1. The lowest BCUT2D eigenvalue weighted by Crippen LogP contribution is -2.48. The van der Waals surface area contributed by atoms with Gasteiger partial charge in [0, 0.05) is 31.1 Å². The number of carbonyl (C=O) groups is 1. The average Bonchev–Trinajstić information content (AvgIpc) is 3.00. The highest BCUT2D eigenvalue weighted by Gasteiger charge is 2.22. The average molecular weight is 308 g/mol. The van der Waals surface area contributed by atoms with Crippen LogP contribution in [-0.2, 0) is 11.3 Å². The molecule has 2 heterocycles. The number of nitrogens with one attached hydrogen (secondary N) is 1. The molecule has 0 bridgehead atoms. The third kappa shape index (κ3) is 3.44. The van der Waals surface area contributed by atoms with E-state index in [9.17, 15) is 4.79 Å². The maximum absolute atomic E-state index is 12.2. The summed E-state index contributed by atoms with van der Waals surface area (Å²) >= 11 is 1.95. The largest absolute Gasteiger partial charge is 0.454 e. The molecule has 1 amide bonds. The summed E-state index contributed by atoms with van der Waals surface area (Å²) in [5.74, 6) is 3.83. The number of benzene rings is 1. The Morgan fingerprint density at radius 1 is 1.33 bits per heavy atom. The number of amides is 1. The molecule has 0 radical (unpaired) electrons. The maximum atomic E-state index is 12.2. The molecule has 0 aliphatic carbocycles. The van der Waals surface area contributed by atoms with Gasteiger partial charge in [-0.3, -0.25) is 9.69 Å². The summed E-state index contributed by atoms with van der Waals surface area (Å²) in [5.41, 5.74) is 1.02. The summed E-state index contributed by atoms with van der Waals surface area (Å²) in [7, 11) is 0. The molecular formula is C15H20N2O3S. The molecule has 1 aromatic rings. The molecule has 2 aliphatic rings. The van der Waals surface area contributed by atoms with E-state index in [0.717, 1.165) is 41.7 Å². The summed E-state index contributed by atoms with van der Waals surface area (Å²) in [5, 5.41) is 3.00. The van der Waals surface area contributed by atoms with Crippen LogP contribution in [0.15, 0.2) is 18.2 Å². The van der Waals surface area contributed by atoms with Crippen LogP contribution in [-0.4, -0.2) is 48.2 Å². The van der Waals surface area contributed by atoms with E-state index in [0.29, 0.717) is 6.54 Å². The van der Waals surface area contributed by atoms with Crippen LogP contribution in [0.2, 0.25) is 0 Å². The Bertz CT molecular complexity index is 518. The van der Waals surface area contributed by atoms with Crippen molar-refractivity contribution < 1.29 is 14.3 Å². The van der Waals surface area contributed by atoms with Crippen molar-refractivity contribution in [3.63, 3.8) is 0 Å². The third-order valence-corrected chi connectivity index (χ3v) is 4.82. The molecule has 0 unspecified atom stereocenters. The molecule has 1 atom stereocenters. The van der Waals surface area contributed by atoms with E-state index in [1.54, 1.807) is 0 Å². The second-order valence-corrected chi connectivity index (χ2v) is 6.45. The van der Waals surface area contributed by atoms with Crippen LogP contribution in [0.5, 0.6) is 11.5 Å². The standard InChI is InChI=1S/C15H20N2O3S/c1-11(17-4-6-21-7-5-17)15(18)16-9-12-2-3-13-14(8-12)20-10-19-13/h2-3,8,11H,4-7,9-10H2,1H3,(H,16,18)/t11-/m0/s1. The molecule has 1 N–H and O–H groups in total. The molecule has 1 fully saturated rings. The normalized spacial score (nSPS) is 19.3. The van der Waals surface area contributed by atoms with Gasteiger partial charge in [0.15, 0.2) is 11.5 Å². The first-order valence-corrected chi connectivity index (χ1v) is 8.37. The minimum atomic E-state index is -0.0695. The van der Waals surface area contributed by atoms with Crippen LogP contribution < -0.4 is 14.8 Å². The molecule has 5 nitrogen and oxygen atoms in total. The van der Waals surface area contributed by atoms with Gasteiger partial charge in [0.2, 0.25) is 12.7 Å². The molecule has 0 aromatic heterocycles. The number of ether oxygens (including phenoxy) is 2. The number of hydrogen-bond donors (Lipinski definition) is 1. The predicted octanol–water partition coefficient (Wildman–Crippen LogP) is 1.47. The van der Waals surface area contributed by atoms with E-state index >= 15 is 0 Å². The number of nitrogens with zero attached hydrogens (tertiary/aromatic N) is 1. The van der Waals surface area contributed by atoms with Gasteiger partial charge < -0.3 is 14.8 Å². The zero-order valence-corrected chi connectivity index (χ0v) is 12.9. The number of rotatable bonds is 4. The van der Waals surface area contributed by atoms with Crippen LogP contribution >= 0.6 is 11.8 Å². The first-order valence-electron chi connectivity index (χ1n) is 7.22. The van der Waals surface area contributed by atoms with Gasteiger partial charge >= 0.3 is 0 Å². The van der Waals surface area contributed by atoms with Gasteiger partial charge in [0.1, 0.15) is 0 Å². The molecular weight excluding hydrogens is 288 g/mol. The van der Waals surface area contributed by atoms with E-state index < -0.39 is 0 Å². The van der Waals surface area contributed by atoms with Crippen molar-refractivity contribution >= 4 is 17.7 Å². The summed E-state index contributed by atoms with van der Waals surface area (Å²) < 4.78 is 10.6. The van der Waals surface area contributed by atoms with Gasteiger partial charge in [-0.25, -0.2) is 0 Å². The Kier molecular flexibility index (Phi) is 4.55. The Morgan fingerprint density at radius 2 is 2.10 bits per heavy atom. The van der Waals surface area contributed by atoms with Crippen molar-refractivity contribution in [2.75, 3.05) is 31.4 Å². The first-order chi connectivity index (χ1) is 10.2. The zero-order valence-electron chi connectivity index (χ0n) is 12.1. The second-order valence-electron chi connectivity index (χ2n) is 5.23. The van der Waals surface area contributed by atoms with Crippen LogP contribution in [0.1, 0.15) is 12.5 Å². The van der Waals surface area contributed by atoms with E-state index in [2.05, 4.69) is 10.2 Å². The number of carbonyl (C=O) groups excluding carboxylic acids is 1. The minimum Gasteiger partial charge on any atom is -0.454 e. The Hall–Kier alpha value is -1.40. The molecule has 21 heavy (non-hydrogen) atoms. The van der Waals surface area contributed by atoms with Crippen molar-refractivity contribution in [2.45, 2.75) is 19.5 Å². The summed E-state index contributed by atoms with van der Waals surface area (Å²) in [6.45, 7) is 4.75. The zero-order chi connectivity index (χ0) is 14.7. The van der Waals surface area contributed by atoms with E-state index in [-0.39, 0.29) is 18.7 Å². The summed E-state index contributed by atoms with van der Waals surface area (Å²) in [6.07, 6.45) is 0. The minimum absolute atomic E-state index is 0.0695. The monoisotopic (exact) mass is 308 g/mol. The van der Waals surface area contributed by atoms with Crippen LogP contribution in [0.4, 0.5) is 0 Å². The SMILES string of the molecule is C[C@@H](C(=O)NCc1ccc2c(c1)OCO2)N1CCSCC1. The van der Waals surface area contributed by atoms with Crippen LogP contribution in [0.25, 0.3) is 0 Å². The Balaban J connectivity index is 1.53. The number of hydrogen-bond acceptors (Lipinski definition) is 5. The molecule has 3 rings (SSSR count). The fraction of sp³-hybridized carbons (Fsp3) is 0.533. The first kappa shape index (κ1) is 14.5. The fourth-order valence-corrected chi connectivity index (χ4v) is 3.45. The quantitative estimate of drug-likeness (QED) is 0.913. The lowest BCUT2D eigenvalue weighted by molar-refractivity contribution is -0.125. The van der Waals surface area contributed by atoms with Crippen molar-refractivity contribution in [3.8, 4) is 11.5 Å². The van der Waals surface area contributed by atoms with Crippen molar-refractivity contribution in [1.29, 1.82) is 0 Å². The topological polar surface area (TPSA) is 50.8 Å². The molecule has 0 saturated carbocycles. The van der Waals surface area contributed by atoms with E-state index in [4.69, 9.17) is 9.47 Å². The summed E-state index contributed by atoms with van der Waals surface area (Å²) in [4.78, 5) is 14.5. The predicted molar refractivity (Wildman–Crippen MR) is 82.8 cm³/mol.